The van der Waals surface area contributed by atoms with Crippen molar-refractivity contribution in [3.05, 3.63) is 30.3 Å². The molecule has 3 nitrogen and oxygen atoms in total. The molecule has 3 heteroatoms. The lowest BCUT2D eigenvalue weighted by molar-refractivity contribution is -0.119. The first-order chi connectivity index (χ1) is 8.81. The lowest BCUT2D eigenvalue weighted by Gasteiger charge is -2.29. The molecule has 0 aromatic heterocycles. The number of carbonyl (C=O) groups is 1. The van der Waals surface area contributed by atoms with E-state index in [1.807, 2.05) is 37.4 Å². The molecular formula is C15H22N2O. The van der Waals surface area contributed by atoms with Gasteiger partial charge in [-0.2, -0.15) is 0 Å². The standard InChI is InChI=1S/C15H22N2O/c1-16-14(12-8-4-2-5-9-12)15(18)17-13-10-6-3-7-11-13/h3,6-7,10-12,14,16H,2,4-5,8-9H2,1H3,(H,17,18). The minimum absolute atomic E-state index is 0.0643. The zero-order valence-corrected chi connectivity index (χ0v) is 11.0. The molecule has 98 valence electrons. The highest BCUT2D eigenvalue weighted by atomic mass is 16.2. The minimum Gasteiger partial charge on any atom is -0.325 e. The van der Waals surface area contributed by atoms with Crippen molar-refractivity contribution in [3.8, 4) is 0 Å². The van der Waals surface area contributed by atoms with Crippen LogP contribution >= 0.6 is 0 Å². The van der Waals surface area contributed by atoms with Crippen molar-refractivity contribution >= 4 is 11.6 Å². The predicted molar refractivity (Wildman–Crippen MR) is 74.5 cm³/mol. The minimum atomic E-state index is -0.0643. The van der Waals surface area contributed by atoms with Crippen LogP contribution in [0.1, 0.15) is 32.1 Å². The summed E-state index contributed by atoms with van der Waals surface area (Å²) in [6.45, 7) is 0. The number of para-hydroxylation sites is 1. The van der Waals surface area contributed by atoms with Crippen LogP contribution in [0.4, 0.5) is 5.69 Å². The number of hydrogen-bond donors (Lipinski definition) is 2. The molecule has 2 rings (SSSR count). The van der Waals surface area contributed by atoms with Crippen LogP contribution < -0.4 is 10.6 Å². The first-order valence-electron chi connectivity index (χ1n) is 6.84. The molecule has 0 radical (unpaired) electrons. The number of benzene rings is 1. The van der Waals surface area contributed by atoms with Crippen LogP contribution in [0.25, 0.3) is 0 Å². The van der Waals surface area contributed by atoms with Gasteiger partial charge in [0.2, 0.25) is 5.91 Å². The van der Waals surface area contributed by atoms with E-state index in [1.165, 1.54) is 19.3 Å². The summed E-state index contributed by atoms with van der Waals surface area (Å²) in [5.41, 5.74) is 0.874. The molecule has 18 heavy (non-hydrogen) atoms. The molecule has 2 N–H and O–H groups in total. The SMILES string of the molecule is CNC(C(=O)Nc1ccccc1)C1CCCCC1. The van der Waals surface area contributed by atoms with E-state index in [0.29, 0.717) is 5.92 Å². The van der Waals surface area contributed by atoms with Gasteiger partial charge in [-0.25, -0.2) is 0 Å². The number of amides is 1. The van der Waals surface area contributed by atoms with Crippen molar-refractivity contribution in [2.75, 3.05) is 12.4 Å². The van der Waals surface area contributed by atoms with E-state index in [0.717, 1.165) is 18.5 Å². The van der Waals surface area contributed by atoms with Crippen LogP contribution in [0.5, 0.6) is 0 Å². The lowest BCUT2D eigenvalue weighted by atomic mass is 9.83. The van der Waals surface area contributed by atoms with Gasteiger partial charge in [-0.1, -0.05) is 37.5 Å². The van der Waals surface area contributed by atoms with Crippen molar-refractivity contribution in [3.63, 3.8) is 0 Å². The third kappa shape index (κ3) is 3.33. The number of anilines is 1. The fourth-order valence-electron chi connectivity index (χ4n) is 2.79. The van der Waals surface area contributed by atoms with Crippen molar-refractivity contribution in [2.24, 2.45) is 5.92 Å². The molecule has 0 spiro atoms. The molecular weight excluding hydrogens is 224 g/mol. The highest BCUT2D eigenvalue weighted by Crippen LogP contribution is 2.27. The Morgan fingerprint density at radius 2 is 1.83 bits per heavy atom. The Morgan fingerprint density at radius 3 is 2.44 bits per heavy atom. The highest BCUT2D eigenvalue weighted by molar-refractivity contribution is 5.95. The van der Waals surface area contributed by atoms with E-state index >= 15 is 0 Å². The van der Waals surface area contributed by atoms with E-state index in [4.69, 9.17) is 0 Å². The highest BCUT2D eigenvalue weighted by Gasteiger charge is 2.27. The van der Waals surface area contributed by atoms with Crippen molar-refractivity contribution in [1.82, 2.24) is 5.32 Å². The van der Waals surface area contributed by atoms with Crippen LogP contribution in [-0.2, 0) is 4.79 Å². The van der Waals surface area contributed by atoms with E-state index in [-0.39, 0.29) is 11.9 Å². The van der Waals surface area contributed by atoms with Gasteiger partial charge in [0, 0.05) is 5.69 Å². The Kier molecular flexibility index (Phi) is 4.76. The molecule has 0 saturated heterocycles. The quantitative estimate of drug-likeness (QED) is 0.857. The Bertz CT molecular complexity index is 371. The summed E-state index contributed by atoms with van der Waals surface area (Å²) in [5.74, 6) is 0.572. The smallest absolute Gasteiger partial charge is 0.241 e. The fraction of sp³-hybridized carbons (Fsp3) is 0.533. The third-order valence-electron chi connectivity index (χ3n) is 3.76. The molecule has 1 aliphatic rings. The van der Waals surface area contributed by atoms with E-state index < -0.39 is 0 Å². The normalized spacial score (nSPS) is 18.3. The average molecular weight is 246 g/mol. The van der Waals surface area contributed by atoms with Crippen LogP contribution in [-0.4, -0.2) is 19.0 Å². The summed E-state index contributed by atoms with van der Waals surface area (Å²) in [6, 6.07) is 9.60. The molecule has 1 aliphatic carbocycles. The van der Waals surface area contributed by atoms with Crippen molar-refractivity contribution in [2.45, 2.75) is 38.1 Å². The Morgan fingerprint density at radius 1 is 1.17 bits per heavy atom. The molecule has 1 atom stereocenters. The summed E-state index contributed by atoms with van der Waals surface area (Å²) >= 11 is 0. The Hall–Kier alpha value is -1.35. The molecule has 1 aromatic rings. The summed E-state index contributed by atoms with van der Waals surface area (Å²) in [6.07, 6.45) is 6.14. The van der Waals surface area contributed by atoms with Gasteiger partial charge in [-0.05, 0) is 37.9 Å². The fourth-order valence-corrected chi connectivity index (χ4v) is 2.79. The maximum absolute atomic E-state index is 12.3. The van der Waals surface area contributed by atoms with Crippen LogP contribution in [0.3, 0.4) is 0 Å². The zero-order chi connectivity index (χ0) is 12.8. The van der Waals surface area contributed by atoms with Gasteiger partial charge in [-0.3, -0.25) is 4.79 Å². The number of nitrogens with one attached hydrogen (secondary N) is 2. The molecule has 0 bridgehead atoms. The van der Waals surface area contributed by atoms with E-state index in [2.05, 4.69) is 10.6 Å². The Balaban J connectivity index is 1.96. The van der Waals surface area contributed by atoms with Gasteiger partial charge in [0.05, 0.1) is 6.04 Å². The summed E-state index contributed by atoms with van der Waals surface area (Å²) in [7, 11) is 1.88. The zero-order valence-electron chi connectivity index (χ0n) is 11.0. The summed E-state index contributed by atoms with van der Waals surface area (Å²) in [5, 5.41) is 6.17. The van der Waals surface area contributed by atoms with E-state index in [1.54, 1.807) is 0 Å². The van der Waals surface area contributed by atoms with Crippen molar-refractivity contribution in [1.29, 1.82) is 0 Å². The van der Waals surface area contributed by atoms with Gasteiger partial charge in [0.25, 0.3) is 0 Å². The van der Waals surface area contributed by atoms with Crippen LogP contribution in [0.15, 0.2) is 30.3 Å². The van der Waals surface area contributed by atoms with Gasteiger partial charge in [0.1, 0.15) is 0 Å². The van der Waals surface area contributed by atoms with Crippen molar-refractivity contribution < 1.29 is 4.79 Å². The second kappa shape index (κ2) is 6.55. The van der Waals surface area contributed by atoms with E-state index in [9.17, 15) is 4.79 Å². The number of hydrogen-bond acceptors (Lipinski definition) is 2. The second-order valence-corrected chi connectivity index (χ2v) is 5.02. The molecule has 0 heterocycles. The number of rotatable bonds is 4. The molecule has 1 fully saturated rings. The Labute approximate surface area is 109 Å². The number of likely N-dealkylation sites (N-methyl/N-ethyl adjacent to an activating group) is 1. The average Bonchev–Trinajstić information content (AvgIpc) is 2.42. The first kappa shape index (κ1) is 13.1. The topological polar surface area (TPSA) is 41.1 Å². The van der Waals surface area contributed by atoms with Gasteiger partial charge in [-0.15, -0.1) is 0 Å². The summed E-state index contributed by atoms with van der Waals surface area (Å²) in [4.78, 5) is 12.3. The van der Waals surface area contributed by atoms with Gasteiger partial charge in [0.15, 0.2) is 0 Å². The largest absolute Gasteiger partial charge is 0.325 e. The maximum atomic E-state index is 12.3. The lowest BCUT2D eigenvalue weighted by Crippen LogP contribution is -2.44. The van der Waals surface area contributed by atoms with Gasteiger partial charge < -0.3 is 10.6 Å². The van der Waals surface area contributed by atoms with Gasteiger partial charge >= 0.3 is 0 Å². The molecule has 1 amide bonds. The monoisotopic (exact) mass is 246 g/mol. The predicted octanol–water partition coefficient (Wildman–Crippen LogP) is 2.79. The molecule has 1 aromatic carbocycles. The maximum Gasteiger partial charge on any atom is 0.241 e. The molecule has 1 saturated carbocycles. The molecule has 0 aliphatic heterocycles. The van der Waals surface area contributed by atoms with Crippen LogP contribution in [0, 0.1) is 5.92 Å². The second-order valence-electron chi connectivity index (χ2n) is 5.02. The van der Waals surface area contributed by atoms with Crippen LogP contribution in [0.2, 0.25) is 0 Å². The molecule has 1 unspecified atom stereocenters. The summed E-state index contributed by atoms with van der Waals surface area (Å²) < 4.78 is 0. The first-order valence-corrected chi connectivity index (χ1v) is 6.84. The third-order valence-corrected chi connectivity index (χ3v) is 3.76. The number of carbonyl (C=O) groups excluding carboxylic acids is 1.